The van der Waals surface area contributed by atoms with Crippen molar-refractivity contribution in [2.24, 2.45) is 0 Å². The van der Waals surface area contributed by atoms with Gasteiger partial charge in [-0.15, -0.1) is 11.8 Å². The van der Waals surface area contributed by atoms with Crippen LogP contribution in [0.25, 0.3) is 0 Å². The molecule has 2 rings (SSSR count). The van der Waals surface area contributed by atoms with Gasteiger partial charge in [0.2, 0.25) is 0 Å². The van der Waals surface area contributed by atoms with E-state index in [4.69, 9.17) is 9.84 Å². The fraction of sp³-hybridized carbons (Fsp3) is 0.200. The van der Waals surface area contributed by atoms with E-state index in [0.29, 0.717) is 6.61 Å². The summed E-state index contributed by atoms with van der Waals surface area (Å²) in [4.78, 5) is 14.8. The maximum absolute atomic E-state index is 10.7. The summed E-state index contributed by atoms with van der Waals surface area (Å²) in [6.07, 6.45) is 1.37. The molecule has 1 aromatic carbocycles. The normalized spacial score (nSPS) is 10.2. The summed E-state index contributed by atoms with van der Waals surface area (Å²) < 4.78 is 5.68. The number of benzene rings is 1. The minimum absolute atomic E-state index is 0.200. The smallest absolute Gasteiger partial charge is 0.337 e. The molecule has 5 heteroatoms. The molecule has 1 aromatic heterocycles. The summed E-state index contributed by atoms with van der Waals surface area (Å²) in [5.41, 5.74) is 1.31. The van der Waals surface area contributed by atoms with Crippen LogP contribution in [0.3, 0.4) is 0 Å². The molecular formula is C15H15NO3S. The summed E-state index contributed by atoms with van der Waals surface area (Å²) in [7, 11) is 0. The van der Waals surface area contributed by atoms with E-state index in [1.54, 1.807) is 12.1 Å². The average molecular weight is 289 g/mol. The fourth-order valence-electron chi connectivity index (χ4n) is 1.61. The van der Waals surface area contributed by atoms with Gasteiger partial charge in [-0.05, 0) is 30.7 Å². The zero-order valence-corrected chi connectivity index (χ0v) is 11.9. The lowest BCUT2D eigenvalue weighted by Gasteiger charge is -2.08. The highest BCUT2D eigenvalue weighted by atomic mass is 32.2. The van der Waals surface area contributed by atoms with Gasteiger partial charge in [-0.25, -0.2) is 9.78 Å². The molecule has 20 heavy (non-hydrogen) atoms. The second kappa shape index (κ2) is 6.96. The van der Waals surface area contributed by atoms with Gasteiger partial charge in [0.1, 0.15) is 5.75 Å². The molecule has 1 N–H and O–H groups in total. The Morgan fingerprint density at radius 2 is 2.10 bits per heavy atom. The molecule has 0 atom stereocenters. The summed E-state index contributed by atoms with van der Waals surface area (Å²) in [6.45, 7) is 2.59. The lowest BCUT2D eigenvalue weighted by Crippen LogP contribution is -2.02. The van der Waals surface area contributed by atoms with E-state index in [0.717, 1.165) is 22.1 Å². The largest absolute Gasteiger partial charge is 0.492 e. The second-order valence-corrected chi connectivity index (χ2v) is 5.27. The van der Waals surface area contributed by atoms with Crippen molar-refractivity contribution in [3.8, 4) is 5.75 Å². The first kappa shape index (κ1) is 14.4. The van der Waals surface area contributed by atoms with Crippen molar-refractivity contribution in [1.82, 2.24) is 4.98 Å². The summed E-state index contributed by atoms with van der Waals surface area (Å²) >= 11 is 1.54. The van der Waals surface area contributed by atoms with Crippen LogP contribution in [-0.2, 0) is 0 Å². The molecule has 0 amide bonds. The Kier molecular flexibility index (Phi) is 5.01. The van der Waals surface area contributed by atoms with Crippen molar-refractivity contribution in [1.29, 1.82) is 0 Å². The van der Waals surface area contributed by atoms with Crippen molar-refractivity contribution in [2.75, 3.05) is 12.4 Å². The number of carboxylic acids is 1. The molecule has 0 aliphatic carbocycles. The number of hydrogen-bond acceptors (Lipinski definition) is 4. The molecule has 0 aliphatic heterocycles. The van der Waals surface area contributed by atoms with E-state index >= 15 is 0 Å². The maximum atomic E-state index is 10.7. The lowest BCUT2D eigenvalue weighted by atomic mass is 10.2. The van der Waals surface area contributed by atoms with Crippen LogP contribution in [0.15, 0.2) is 47.6 Å². The molecule has 1 heterocycles. The number of aromatic carboxylic acids is 1. The number of para-hydroxylation sites is 1. The Bertz CT molecular complexity index is 584. The highest BCUT2D eigenvalue weighted by Gasteiger charge is 2.03. The van der Waals surface area contributed by atoms with Gasteiger partial charge >= 0.3 is 5.97 Å². The third kappa shape index (κ3) is 3.99. The number of carbonyl (C=O) groups is 1. The first-order valence-electron chi connectivity index (χ1n) is 6.17. The molecule has 0 fully saturated rings. The first-order valence-corrected chi connectivity index (χ1v) is 7.16. The standard InChI is InChI=1S/C15H15NO3S/c1-11-4-2-3-5-13(11)19-8-9-20-14-7-6-12(10-16-14)15(17)18/h2-7,10H,8-9H2,1H3,(H,17,18). The van der Waals surface area contributed by atoms with Crippen LogP contribution in [-0.4, -0.2) is 28.4 Å². The van der Waals surface area contributed by atoms with E-state index in [1.165, 1.54) is 18.0 Å². The molecule has 2 aromatic rings. The Hall–Kier alpha value is -2.01. The molecule has 0 radical (unpaired) electrons. The van der Waals surface area contributed by atoms with E-state index in [2.05, 4.69) is 4.98 Å². The number of rotatable bonds is 6. The summed E-state index contributed by atoms with van der Waals surface area (Å²) in [5.74, 6) is 0.688. The van der Waals surface area contributed by atoms with Gasteiger partial charge < -0.3 is 9.84 Å². The fourth-order valence-corrected chi connectivity index (χ4v) is 2.28. The Morgan fingerprint density at radius 1 is 1.30 bits per heavy atom. The third-order valence-electron chi connectivity index (χ3n) is 2.67. The second-order valence-electron chi connectivity index (χ2n) is 4.15. The topological polar surface area (TPSA) is 59.4 Å². The van der Waals surface area contributed by atoms with E-state index in [1.807, 2.05) is 31.2 Å². The SMILES string of the molecule is Cc1ccccc1OCCSc1ccc(C(=O)O)cn1. The Morgan fingerprint density at radius 3 is 2.75 bits per heavy atom. The molecule has 0 saturated carbocycles. The maximum Gasteiger partial charge on any atom is 0.337 e. The number of thioether (sulfide) groups is 1. The Balaban J connectivity index is 1.79. The quantitative estimate of drug-likeness (QED) is 0.653. The van der Waals surface area contributed by atoms with Gasteiger partial charge in [0, 0.05) is 11.9 Å². The van der Waals surface area contributed by atoms with Gasteiger partial charge in [-0.3, -0.25) is 0 Å². The monoisotopic (exact) mass is 289 g/mol. The molecule has 0 aliphatic rings. The predicted octanol–water partition coefficient (Wildman–Crippen LogP) is 3.26. The van der Waals surface area contributed by atoms with Crippen LogP contribution in [0.4, 0.5) is 0 Å². The minimum atomic E-state index is -0.961. The zero-order valence-electron chi connectivity index (χ0n) is 11.1. The van der Waals surface area contributed by atoms with Crippen molar-refractivity contribution < 1.29 is 14.6 Å². The van der Waals surface area contributed by atoms with Gasteiger partial charge in [0.15, 0.2) is 0 Å². The zero-order chi connectivity index (χ0) is 14.4. The number of ether oxygens (including phenoxy) is 1. The number of aromatic nitrogens is 1. The Labute approximate surface area is 121 Å². The lowest BCUT2D eigenvalue weighted by molar-refractivity contribution is 0.0696. The van der Waals surface area contributed by atoms with E-state index in [-0.39, 0.29) is 5.56 Å². The van der Waals surface area contributed by atoms with Gasteiger partial charge in [0.05, 0.1) is 17.2 Å². The molecule has 0 bridgehead atoms. The van der Waals surface area contributed by atoms with E-state index in [9.17, 15) is 4.79 Å². The third-order valence-corrected chi connectivity index (χ3v) is 3.58. The predicted molar refractivity (Wildman–Crippen MR) is 78.6 cm³/mol. The van der Waals surface area contributed by atoms with Gasteiger partial charge in [-0.1, -0.05) is 18.2 Å². The number of hydrogen-bond donors (Lipinski definition) is 1. The molecular weight excluding hydrogens is 274 g/mol. The van der Waals surface area contributed by atoms with Crippen LogP contribution in [0.1, 0.15) is 15.9 Å². The average Bonchev–Trinajstić information content (AvgIpc) is 2.46. The van der Waals surface area contributed by atoms with Crippen LogP contribution < -0.4 is 4.74 Å². The number of nitrogens with zero attached hydrogens (tertiary/aromatic N) is 1. The molecule has 0 spiro atoms. The van der Waals surface area contributed by atoms with Crippen LogP contribution in [0.5, 0.6) is 5.75 Å². The van der Waals surface area contributed by atoms with Gasteiger partial charge in [0.25, 0.3) is 0 Å². The number of carboxylic acid groups (broad SMARTS) is 1. The van der Waals surface area contributed by atoms with Crippen LogP contribution in [0, 0.1) is 6.92 Å². The molecule has 104 valence electrons. The number of pyridine rings is 1. The van der Waals surface area contributed by atoms with Crippen molar-refractivity contribution >= 4 is 17.7 Å². The van der Waals surface area contributed by atoms with Gasteiger partial charge in [-0.2, -0.15) is 0 Å². The molecule has 0 saturated heterocycles. The number of aryl methyl sites for hydroxylation is 1. The van der Waals surface area contributed by atoms with Crippen LogP contribution in [0.2, 0.25) is 0 Å². The molecule has 4 nitrogen and oxygen atoms in total. The van der Waals surface area contributed by atoms with E-state index < -0.39 is 5.97 Å². The highest BCUT2D eigenvalue weighted by molar-refractivity contribution is 7.99. The van der Waals surface area contributed by atoms with Crippen molar-refractivity contribution in [3.05, 3.63) is 53.7 Å². The van der Waals surface area contributed by atoms with Crippen molar-refractivity contribution in [3.63, 3.8) is 0 Å². The minimum Gasteiger partial charge on any atom is -0.492 e. The van der Waals surface area contributed by atoms with Crippen LogP contribution >= 0.6 is 11.8 Å². The first-order chi connectivity index (χ1) is 9.66. The summed E-state index contributed by atoms with van der Waals surface area (Å²) in [5, 5.41) is 9.57. The van der Waals surface area contributed by atoms with Crippen molar-refractivity contribution in [2.45, 2.75) is 11.9 Å². The highest BCUT2D eigenvalue weighted by Crippen LogP contribution is 2.18. The summed E-state index contributed by atoms with van der Waals surface area (Å²) in [6, 6.07) is 11.1. The molecule has 0 unspecified atom stereocenters.